The molecule has 2 aliphatic rings. The van der Waals surface area contributed by atoms with Gasteiger partial charge in [-0.05, 0) is 56.6 Å². The van der Waals surface area contributed by atoms with Gasteiger partial charge >= 0.3 is 6.18 Å². The van der Waals surface area contributed by atoms with Gasteiger partial charge in [-0.1, -0.05) is 6.07 Å². The molecule has 0 saturated heterocycles. The first kappa shape index (κ1) is 40.9. The van der Waals surface area contributed by atoms with Crippen molar-refractivity contribution in [3.8, 4) is 17.0 Å². The first-order valence-electron chi connectivity index (χ1n) is 17.0. The summed E-state index contributed by atoms with van der Waals surface area (Å²) in [5.41, 5.74) is -5.64. The van der Waals surface area contributed by atoms with Gasteiger partial charge in [0.05, 0.1) is 29.0 Å². The summed E-state index contributed by atoms with van der Waals surface area (Å²) in [6.45, 7) is 2.48. The second kappa shape index (κ2) is 15.8. The molecule has 0 radical (unpaired) electrons. The largest absolute Gasteiger partial charge is 0.509 e. The van der Waals surface area contributed by atoms with Gasteiger partial charge in [-0.15, -0.1) is 0 Å². The summed E-state index contributed by atoms with van der Waals surface area (Å²) in [5.74, 6) is -9.78. The van der Waals surface area contributed by atoms with Crippen LogP contribution >= 0.6 is 0 Å². The third kappa shape index (κ3) is 8.67. The SMILES string of the molecule is CC(=O)NCCN(C)CCOc1ccc(CN2C(=O)C(C(=O)Nc3ccc(C(F)(F)F)cc3-c3cc(C(C)(F)F)ncn3)=C(O)C3(CCC3)N2C)c(F)c1F. The van der Waals surface area contributed by atoms with Crippen molar-refractivity contribution in [2.24, 2.45) is 0 Å². The van der Waals surface area contributed by atoms with Gasteiger partial charge in [0.2, 0.25) is 11.7 Å². The number of rotatable bonds is 13. The number of benzene rings is 2. The van der Waals surface area contributed by atoms with Crippen molar-refractivity contribution in [1.82, 2.24) is 30.2 Å². The number of hydrogen-bond donors (Lipinski definition) is 3. The molecule has 2 aromatic carbocycles. The van der Waals surface area contributed by atoms with Gasteiger partial charge in [0.1, 0.15) is 30.0 Å². The van der Waals surface area contributed by atoms with Crippen LogP contribution in [0.4, 0.5) is 36.4 Å². The van der Waals surface area contributed by atoms with Crippen molar-refractivity contribution in [2.75, 3.05) is 45.7 Å². The topological polar surface area (TPSA) is 140 Å². The summed E-state index contributed by atoms with van der Waals surface area (Å²) in [7, 11) is 3.18. The minimum Gasteiger partial charge on any atom is -0.509 e. The molecule has 3 aromatic rings. The van der Waals surface area contributed by atoms with Crippen molar-refractivity contribution in [1.29, 1.82) is 0 Å². The highest BCUT2D eigenvalue weighted by Crippen LogP contribution is 2.47. The molecule has 0 atom stereocenters. The Morgan fingerprint density at radius 3 is 2.36 bits per heavy atom. The maximum atomic E-state index is 15.5. The lowest BCUT2D eigenvalue weighted by Gasteiger charge is -2.54. The van der Waals surface area contributed by atoms with Gasteiger partial charge in [0, 0.05) is 51.7 Å². The average Bonchev–Trinajstić information content (AvgIpc) is 3.08. The summed E-state index contributed by atoms with van der Waals surface area (Å²) in [6.07, 6.45) is -3.10. The molecule has 1 fully saturated rings. The Balaban J connectivity index is 1.41. The summed E-state index contributed by atoms with van der Waals surface area (Å²) in [4.78, 5) is 48.0. The molecule has 12 nitrogen and oxygen atoms in total. The number of anilines is 1. The van der Waals surface area contributed by atoms with Gasteiger partial charge in [-0.2, -0.15) is 26.3 Å². The van der Waals surface area contributed by atoms with E-state index in [1.807, 2.05) is 0 Å². The quantitative estimate of drug-likeness (QED) is 0.150. The third-order valence-corrected chi connectivity index (χ3v) is 9.55. The van der Waals surface area contributed by atoms with Crippen LogP contribution in [-0.4, -0.2) is 93.6 Å². The number of hydrogen-bond acceptors (Lipinski definition) is 9. The number of amides is 3. The Morgan fingerprint density at radius 1 is 1.04 bits per heavy atom. The molecule has 1 aromatic heterocycles. The van der Waals surface area contributed by atoms with Crippen LogP contribution in [-0.2, 0) is 33.0 Å². The molecule has 1 aliphatic heterocycles. The van der Waals surface area contributed by atoms with Crippen LogP contribution in [0.25, 0.3) is 11.3 Å². The molecule has 19 heteroatoms. The van der Waals surface area contributed by atoms with Crippen LogP contribution in [0.15, 0.2) is 54.1 Å². The van der Waals surface area contributed by atoms with Crippen LogP contribution in [0, 0.1) is 11.6 Å². The van der Waals surface area contributed by atoms with Gasteiger partial charge in [0.15, 0.2) is 11.6 Å². The molecule has 1 saturated carbocycles. The van der Waals surface area contributed by atoms with Gasteiger partial charge < -0.3 is 25.4 Å². The maximum Gasteiger partial charge on any atom is 0.416 e. The van der Waals surface area contributed by atoms with E-state index in [9.17, 15) is 41.4 Å². The van der Waals surface area contributed by atoms with Gasteiger partial charge in [-0.3, -0.25) is 19.4 Å². The second-order valence-electron chi connectivity index (χ2n) is 13.4. The highest BCUT2D eigenvalue weighted by Gasteiger charge is 2.55. The van der Waals surface area contributed by atoms with Crippen molar-refractivity contribution in [2.45, 2.75) is 57.3 Å². The fourth-order valence-corrected chi connectivity index (χ4v) is 6.22. The van der Waals surface area contributed by atoms with Crippen LogP contribution in [0.2, 0.25) is 0 Å². The third-order valence-electron chi connectivity index (χ3n) is 9.55. The molecule has 3 amide bonds. The highest BCUT2D eigenvalue weighted by atomic mass is 19.4. The van der Waals surface area contributed by atoms with Crippen molar-refractivity contribution in [3.05, 3.63) is 82.5 Å². The number of nitrogens with zero attached hydrogens (tertiary/aromatic N) is 5. The number of aromatic nitrogens is 2. The van der Waals surface area contributed by atoms with Crippen LogP contribution in [0.5, 0.6) is 5.75 Å². The molecule has 5 rings (SSSR count). The summed E-state index contributed by atoms with van der Waals surface area (Å²) in [5, 5.41) is 18.7. The highest BCUT2D eigenvalue weighted by molar-refractivity contribution is 6.24. The number of hydrazine groups is 1. The van der Waals surface area contributed by atoms with E-state index < -0.39 is 87.2 Å². The van der Waals surface area contributed by atoms with Gasteiger partial charge in [-0.25, -0.2) is 19.4 Å². The minimum atomic E-state index is -4.88. The Hall–Kier alpha value is -5.30. The molecule has 0 unspecified atom stereocenters. The molecule has 0 bridgehead atoms. The maximum absolute atomic E-state index is 15.5. The molecule has 2 heterocycles. The fourth-order valence-electron chi connectivity index (χ4n) is 6.22. The Morgan fingerprint density at radius 2 is 1.75 bits per heavy atom. The van der Waals surface area contributed by atoms with Crippen molar-refractivity contribution in [3.63, 3.8) is 0 Å². The van der Waals surface area contributed by atoms with E-state index in [4.69, 9.17) is 4.74 Å². The zero-order valence-corrected chi connectivity index (χ0v) is 30.2. The zero-order chi connectivity index (χ0) is 40.5. The molecule has 1 aliphatic carbocycles. The number of nitrogens with one attached hydrogen (secondary N) is 2. The average molecular weight is 782 g/mol. The number of likely N-dealkylation sites (N-methyl/N-ethyl adjacent to an activating group) is 2. The van der Waals surface area contributed by atoms with Gasteiger partial charge in [0.25, 0.3) is 17.7 Å². The number of halogens is 7. The predicted molar refractivity (Wildman–Crippen MR) is 183 cm³/mol. The first-order valence-corrected chi connectivity index (χ1v) is 17.0. The Kier molecular flexibility index (Phi) is 11.8. The van der Waals surface area contributed by atoms with Crippen LogP contribution in [0.1, 0.15) is 49.9 Å². The molecular formula is C36H38F7N7O5. The van der Waals surface area contributed by atoms with Crippen molar-refractivity contribution < 1.29 is 55.0 Å². The van der Waals surface area contributed by atoms with E-state index >= 15 is 8.78 Å². The summed E-state index contributed by atoms with van der Waals surface area (Å²) in [6, 6.07) is 5.19. The lowest BCUT2D eigenvalue weighted by atomic mass is 9.72. The number of ether oxygens (including phenoxy) is 1. The van der Waals surface area contributed by atoms with E-state index in [-0.39, 0.29) is 36.6 Å². The number of carbonyl (C=O) groups is 3. The van der Waals surface area contributed by atoms with E-state index in [0.29, 0.717) is 45.1 Å². The van der Waals surface area contributed by atoms with E-state index in [1.54, 1.807) is 11.9 Å². The lowest BCUT2D eigenvalue weighted by molar-refractivity contribution is -0.172. The van der Waals surface area contributed by atoms with Crippen molar-refractivity contribution >= 4 is 23.4 Å². The molecule has 55 heavy (non-hydrogen) atoms. The van der Waals surface area contributed by atoms with Crippen LogP contribution in [0.3, 0.4) is 0 Å². The lowest BCUT2D eigenvalue weighted by Crippen LogP contribution is -2.65. The number of aliphatic hydroxyl groups is 1. The number of carbonyl (C=O) groups excluding carboxylic acids is 3. The van der Waals surface area contributed by atoms with Crippen LogP contribution < -0.4 is 15.4 Å². The summed E-state index contributed by atoms with van der Waals surface area (Å²) >= 11 is 0. The molecular weight excluding hydrogens is 743 g/mol. The predicted octanol–water partition coefficient (Wildman–Crippen LogP) is 5.56. The molecule has 296 valence electrons. The monoisotopic (exact) mass is 781 g/mol. The number of alkyl halides is 5. The second-order valence-corrected chi connectivity index (χ2v) is 13.4. The molecule has 3 N–H and O–H groups in total. The number of aliphatic hydroxyl groups excluding tert-OH is 1. The Bertz CT molecular complexity index is 2000. The van der Waals surface area contributed by atoms with E-state index in [2.05, 4.69) is 20.6 Å². The first-order chi connectivity index (χ1) is 25.7. The standard InChI is InChI=1S/C36H38F7N7O5/c1-20(51)44-12-13-48(3)14-15-55-26-9-6-21(29(37)30(26)38)18-50-33(54)28(31(52)35(49(50)4)10-5-11-35)32(53)47-24-8-7-22(36(41,42)43)16-23(24)25-17-27(34(2,39)40)46-19-45-25/h6-9,16-17,19,52H,5,10-15,18H2,1-4H3,(H,44,51)(H,47,53). The van der Waals surface area contributed by atoms with E-state index in [1.165, 1.54) is 31.1 Å². The zero-order valence-electron chi connectivity index (χ0n) is 30.2. The Labute approximate surface area is 310 Å². The smallest absolute Gasteiger partial charge is 0.416 e. The minimum absolute atomic E-state index is 0.0190. The van der Waals surface area contributed by atoms with E-state index in [0.717, 1.165) is 23.5 Å². The normalized spacial score (nSPS) is 16.1. The fraction of sp³-hybridized carbons (Fsp3) is 0.417. The molecule has 1 spiro atoms. The summed E-state index contributed by atoms with van der Waals surface area (Å²) < 4.78 is 106.